The maximum atomic E-state index is 5.69. The van der Waals surface area contributed by atoms with Gasteiger partial charge in [-0.3, -0.25) is 4.90 Å². The molecule has 21 heavy (non-hydrogen) atoms. The van der Waals surface area contributed by atoms with Crippen molar-refractivity contribution < 1.29 is 4.74 Å². The smallest absolute Gasteiger partial charge is 0.229 e. The summed E-state index contributed by atoms with van der Waals surface area (Å²) >= 11 is 0. The van der Waals surface area contributed by atoms with Gasteiger partial charge in [0.2, 0.25) is 17.8 Å². The maximum absolute atomic E-state index is 5.69. The molecule has 8 heteroatoms. The fourth-order valence-corrected chi connectivity index (χ4v) is 2.11. The van der Waals surface area contributed by atoms with Gasteiger partial charge < -0.3 is 21.1 Å². The minimum absolute atomic E-state index is 0.235. The molecule has 1 saturated heterocycles. The van der Waals surface area contributed by atoms with Crippen LogP contribution in [0.15, 0.2) is 0 Å². The molecule has 1 aliphatic heterocycles. The van der Waals surface area contributed by atoms with Crippen molar-refractivity contribution in [2.45, 2.75) is 19.8 Å². The second kappa shape index (κ2) is 8.58. The average Bonchev–Trinajstić information content (AvgIpc) is 2.50. The standard InChI is InChI=1S/C13H25N7O/c1-2-4-15-12-17-11(14)18-13(19-12)16-5-3-6-20-7-9-21-10-8-20/h2-10H2,1H3,(H4,14,15,16,17,18,19). The first-order valence-corrected chi connectivity index (χ1v) is 7.57. The van der Waals surface area contributed by atoms with Gasteiger partial charge in [-0.1, -0.05) is 6.92 Å². The Morgan fingerprint density at radius 1 is 1.10 bits per heavy atom. The van der Waals surface area contributed by atoms with Crippen molar-refractivity contribution in [2.75, 3.05) is 62.3 Å². The molecule has 1 aromatic rings. The van der Waals surface area contributed by atoms with Crippen molar-refractivity contribution in [3.63, 3.8) is 0 Å². The Kier molecular flexibility index (Phi) is 6.42. The van der Waals surface area contributed by atoms with Gasteiger partial charge >= 0.3 is 0 Å². The van der Waals surface area contributed by atoms with Gasteiger partial charge in [0.25, 0.3) is 0 Å². The van der Waals surface area contributed by atoms with E-state index in [9.17, 15) is 0 Å². The molecule has 0 saturated carbocycles. The van der Waals surface area contributed by atoms with E-state index in [1.54, 1.807) is 0 Å². The van der Waals surface area contributed by atoms with Crippen LogP contribution in [-0.2, 0) is 4.74 Å². The molecule has 0 amide bonds. The first kappa shape index (κ1) is 15.7. The van der Waals surface area contributed by atoms with Crippen LogP contribution in [0.2, 0.25) is 0 Å². The molecule has 0 bridgehead atoms. The Labute approximate surface area is 125 Å². The van der Waals surface area contributed by atoms with Crippen molar-refractivity contribution in [2.24, 2.45) is 0 Å². The largest absolute Gasteiger partial charge is 0.379 e. The molecule has 1 aromatic heterocycles. The van der Waals surface area contributed by atoms with Crippen LogP contribution in [-0.4, -0.2) is 65.8 Å². The van der Waals surface area contributed by atoms with Crippen molar-refractivity contribution in [3.8, 4) is 0 Å². The molecule has 2 rings (SSSR count). The van der Waals surface area contributed by atoms with E-state index in [0.717, 1.165) is 58.8 Å². The molecule has 0 aromatic carbocycles. The molecule has 8 nitrogen and oxygen atoms in total. The summed E-state index contributed by atoms with van der Waals surface area (Å²) < 4.78 is 5.33. The molecule has 1 aliphatic rings. The summed E-state index contributed by atoms with van der Waals surface area (Å²) in [5, 5.41) is 6.32. The van der Waals surface area contributed by atoms with Crippen LogP contribution in [0.4, 0.5) is 17.8 Å². The lowest BCUT2D eigenvalue weighted by Gasteiger charge is -2.26. The van der Waals surface area contributed by atoms with Crippen molar-refractivity contribution in [3.05, 3.63) is 0 Å². The van der Waals surface area contributed by atoms with Crippen molar-refractivity contribution in [1.82, 2.24) is 19.9 Å². The summed E-state index contributed by atoms with van der Waals surface area (Å²) in [5.41, 5.74) is 5.69. The molecule has 2 heterocycles. The van der Waals surface area contributed by atoms with E-state index in [-0.39, 0.29) is 5.95 Å². The number of anilines is 3. The predicted molar refractivity (Wildman–Crippen MR) is 83.4 cm³/mol. The highest BCUT2D eigenvalue weighted by Gasteiger charge is 2.09. The zero-order valence-corrected chi connectivity index (χ0v) is 12.6. The molecular formula is C13H25N7O. The molecule has 4 N–H and O–H groups in total. The summed E-state index contributed by atoms with van der Waals surface area (Å²) in [5.74, 6) is 1.29. The van der Waals surface area contributed by atoms with Gasteiger partial charge in [0.1, 0.15) is 0 Å². The van der Waals surface area contributed by atoms with Gasteiger partial charge in [-0.05, 0) is 19.4 Å². The number of hydrogen-bond donors (Lipinski definition) is 3. The SMILES string of the molecule is CCCNc1nc(N)nc(NCCCN2CCOCC2)n1. The van der Waals surface area contributed by atoms with E-state index in [1.165, 1.54) is 0 Å². The normalized spacial score (nSPS) is 15.9. The van der Waals surface area contributed by atoms with E-state index in [2.05, 4.69) is 37.4 Å². The van der Waals surface area contributed by atoms with E-state index in [4.69, 9.17) is 10.5 Å². The van der Waals surface area contributed by atoms with E-state index in [0.29, 0.717) is 11.9 Å². The highest BCUT2D eigenvalue weighted by atomic mass is 16.5. The Morgan fingerprint density at radius 3 is 2.43 bits per heavy atom. The summed E-state index contributed by atoms with van der Waals surface area (Å²) in [6.07, 6.45) is 2.04. The second-order valence-corrected chi connectivity index (χ2v) is 5.00. The third-order valence-electron chi connectivity index (χ3n) is 3.22. The highest BCUT2D eigenvalue weighted by molar-refractivity contribution is 5.39. The summed E-state index contributed by atoms with van der Waals surface area (Å²) in [4.78, 5) is 14.9. The summed E-state index contributed by atoms with van der Waals surface area (Å²) in [7, 11) is 0. The predicted octanol–water partition coefficient (Wildman–Crippen LogP) is 0.410. The fourth-order valence-electron chi connectivity index (χ4n) is 2.11. The first-order valence-electron chi connectivity index (χ1n) is 7.57. The van der Waals surface area contributed by atoms with Gasteiger partial charge in [0.05, 0.1) is 13.2 Å². The lowest BCUT2D eigenvalue weighted by Crippen LogP contribution is -2.37. The van der Waals surface area contributed by atoms with Crippen LogP contribution in [0.5, 0.6) is 0 Å². The minimum Gasteiger partial charge on any atom is -0.379 e. The topological polar surface area (TPSA) is 101 Å². The zero-order chi connectivity index (χ0) is 14.9. The quantitative estimate of drug-likeness (QED) is 0.593. The third kappa shape index (κ3) is 5.68. The van der Waals surface area contributed by atoms with Gasteiger partial charge in [-0.2, -0.15) is 15.0 Å². The highest BCUT2D eigenvalue weighted by Crippen LogP contribution is 2.07. The average molecular weight is 295 g/mol. The number of morpholine rings is 1. The van der Waals surface area contributed by atoms with Crippen LogP contribution in [0.3, 0.4) is 0 Å². The molecular weight excluding hydrogens is 270 g/mol. The molecule has 0 radical (unpaired) electrons. The number of nitrogens with zero attached hydrogens (tertiary/aromatic N) is 4. The van der Waals surface area contributed by atoms with Gasteiger partial charge in [-0.15, -0.1) is 0 Å². The van der Waals surface area contributed by atoms with Crippen molar-refractivity contribution >= 4 is 17.8 Å². The molecule has 0 unspecified atom stereocenters. The first-order chi connectivity index (χ1) is 10.3. The van der Waals surface area contributed by atoms with Crippen LogP contribution >= 0.6 is 0 Å². The van der Waals surface area contributed by atoms with Crippen LogP contribution in [0.1, 0.15) is 19.8 Å². The van der Waals surface area contributed by atoms with E-state index >= 15 is 0 Å². The number of hydrogen-bond acceptors (Lipinski definition) is 8. The number of aromatic nitrogens is 3. The Hall–Kier alpha value is -1.67. The van der Waals surface area contributed by atoms with Crippen LogP contribution < -0.4 is 16.4 Å². The molecule has 1 fully saturated rings. The number of rotatable bonds is 8. The maximum Gasteiger partial charge on any atom is 0.229 e. The van der Waals surface area contributed by atoms with Crippen molar-refractivity contribution in [1.29, 1.82) is 0 Å². The van der Waals surface area contributed by atoms with Gasteiger partial charge in [0.15, 0.2) is 0 Å². The third-order valence-corrected chi connectivity index (χ3v) is 3.22. The van der Waals surface area contributed by atoms with E-state index in [1.807, 2.05) is 0 Å². The van der Waals surface area contributed by atoms with Crippen LogP contribution in [0.25, 0.3) is 0 Å². The number of nitrogen functional groups attached to an aromatic ring is 1. The lowest BCUT2D eigenvalue weighted by molar-refractivity contribution is 0.0378. The fraction of sp³-hybridized carbons (Fsp3) is 0.769. The Morgan fingerprint density at radius 2 is 1.76 bits per heavy atom. The van der Waals surface area contributed by atoms with Gasteiger partial charge in [0, 0.05) is 26.2 Å². The molecule has 0 atom stereocenters. The monoisotopic (exact) mass is 295 g/mol. The number of ether oxygens (including phenoxy) is 1. The van der Waals surface area contributed by atoms with Gasteiger partial charge in [-0.25, -0.2) is 0 Å². The Bertz CT molecular complexity index is 423. The number of nitrogens with two attached hydrogens (primary N) is 1. The van der Waals surface area contributed by atoms with E-state index < -0.39 is 0 Å². The number of nitrogens with one attached hydrogen (secondary N) is 2. The zero-order valence-electron chi connectivity index (χ0n) is 12.6. The minimum atomic E-state index is 0.235. The molecule has 0 aliphatic carbocycles. The summed E-state index contributed by atoms with van der Waals surface area (Å²) in [6, 6.07) is 0. The second-order valence-electron chi connectivity index (χ2n) is 5.00. The Balaban J connectivity index is 1.72. The lowest BCUT2D eigenvalue weighted by atomic mass is 10.3. The molecule has 118 valence electrons. The van der Waals surface area contributed by atoms with Crippen LogP contribution in [0, 0.1) is 0 Å². The molecule has 0 spiro atoms. The summed E-state index contributed by atoms with van der Waals surface area (Å²) in [6.45, 7) is 8.48.